The molecule has 0 atom stereocenters. The zero-order valence-corrected chi connectivity index (χ0v) is 14.9. The maximum absolute atomic E-state index is 12.5. The molecule has 2 aromatic carbocycles. The Labute approximate surface area is 151 Å². The van der Waals surface area contributed by atoms with Crippen LogP contribution in [0.5, 0.6) is 0 Å². The number of amides is 2. The third-order valence-electron chi connectivity index (χ3n) is 4.24. The number of carbonyl (C=O) groups is 2. The summed E-state index contributed by atoms with van der Waals surface area (Å²) in [5.41, 5.74) is 4.96. The molecule has 3 aromatic rings. The van der Waals surface area contributed by atoms with E-state index in [0.29, 0.717) is 11.3 Å². The monoisotopic (exact) mass is 351 g/mol. The van der Waals surface area contributed by atoms with Gasteiger partial charge in [-0.2, -0.15) is 0 Å². The van der Waals surface area contributed by atoms with Gasteiger partial charge in [-0.15, -0.1) is 0 Å². The van der Waals surface area contributed by atoms with Crippen LogP contribution in [0, 0.1) is 0 Å². The summed E-state index contributed by atoms with van der Waals surface area (Å²) in [4.78, 5) is 26.8. The van der Waals surface area contributed by atoms with Gasteiger partial charge < -0.3 is 10.3 Å². The first-order valence-electron chi connectivity index (χ1n) is 8.27. The SMILES string of the molecule is CC(C)(C)c1ccc(C(=O)Nc2ccc3[nH]c(C(=O)NO)cc3c2)cc1. The van der Waals surface area contributed by atoms with E-state index in [2.05, 4.69) is 31.1 Å². The van der Waals surface area contributed by atoms with Gasteiger partial charge in [-0.05, 0) is 47.4 Å². The molecule has 0 bridgehead atoms. The van der Waals surface area contributed by atoms with Crippen LogP contribution in [0.1, 0.15) is 47.2 Å². The number of H-pyrrole nitrogens is 1. The van der Waals surface area contributed by atoms with E-state index >= 15 is 0 Å². The molecule has 4 N–H and O–H groups in total. The predicted octanol–water partition coefficient (Wildman–Crippen LogP) is 3.84. The molecule has 134 valence electrons. The largest absolute Gasteiger partial charge is 0.350 e. The van der Waals surface area contributed by atoms with Gasteiger partial charge in [0.25, 0.3) is 11.8 Å². The van der Waals surface area contributed by atoms with Gasteiger partial charge in [0.1, 0.15) is 5.69 Å². The van der Waals surface area contributed by atoms with Crippen molar-refractivity contribution in [1.82, 2.24) is 10.5 Å². The minimum absolute atomic E-state index is 0.0346. The average molecular weight is 351 g/mol. The molecular formula is C20H21N3O3. The minimum Gasteiger partial charge on any atom is -0.350 e. The van der Waals surface area contributed by atoms with Crippen LogP contribution in [-0.4, -0.2) is 22.0 Å². The maximum atomic E-state index is 12.5. The number of fused-ring (bicyclic) bond motifs is 1. The Hall–Kier alpha value is -3.12. The molecule has 26 heavy (non-hydrogen) atoms. The Balaban J connectivity index is 1.79. The van der Waals surface area contributed by atoms with Crippen molar-refractivity contribution < 1.29 is 14.8 Å². The van der Waals surface area contributed by atoms with Crippen LogP contribution in [0.4, 0.5) is 5.69 Å². The molecule has 0 spiro atoms. The van der Waals surface area contributed by atoms with Crippen LogP contribution in [-0.2, 0) is 5.41 Å². The highest BCUT2D eigenvalue weighted by Crippen LogP contribution is 2.23. The summed E-state index contributed by atoms with van der Waals surface area (Å²) in [5.74, 6) is -0.820. The average Bonchev–Trinajstić information content (AvgIpc) is 3.03. The first-order chi connectivity index (χ1) is 12.3. The summed E-state index contributed by atoms with van der Waals surface area (Å²) in [6, 6.07) is 14.4. The van der Waals surface area contributed by atoms with Crippen molar-refractivity contribution in [2.24, 2.45) is 0 Å². The summed E-state index contributed by atoms with van der Waals surface area (Å²) < 4.78 is 0. The highest BCUT2D eigenvalue weighted by atomic mass is 16.5. The van der Waals surface area contributed by atoms with Crippen LogP contribution in [0.3, 0.4) is 0 Å². The Morgan fingerprint density at radius 1 is 0.962 bits per heavy atom. The van der Waals surface area contributed by atoms with Crippen molar-refractivity contribution >= 4 is 28.4 Å². The number of aromatic nitrogens is 1. The van der Waals surface area contributed by atoms with Crippen LogP contribution >= 0.6 is 0 Å². The first kappa shape index (κ1) is 17.7. The second kappa shape index (κ2) is 6.65. The third-order valence-corrected chi connectivity index (χ3v) is 4.24. The van der Waals surface area contributed by atoms with Crippen LogP contribution < -0.4 is 10.8 Å². The number of aromatic amines is 1. The molecule has 6 nitrogen and oxygen atoms in total. The van der Waals surface area contributed by atoms with Crippen molar-refractivity contribution in [3.05, 3.63) is 65.4 Å². The fourth-order valence-corrected chi connectivity index (χ4v) is 2.72. The minimum atomic E-state index is -0.620. The van der Waals surface area contributed by atoms with E-state index in [0.717, 1.165) is 16.5 Å². The lowest BCUT2D eigenvalue weighted by Crippen LogP contribution is -2.18. The molecule has 0 saturated carbocycles. The number of hydroxylamine groups is 1. The number of carbonyl (C=O) groups excluding carboxylic acids is 2. The zero-order valence-electron chi connectivity index (χ0n) is 14.9. The Bertz CT molecular complexity index is 966. The van der Waals surface area contributed by atoms with Crippen LogP contribution in [0.2, 0.25) is 0 Å². The van der Waals surface area contributed by atoms with Crippen LogP contribution in [0.25, 0.3) is 10.9 Å². The van der Waals surface area contributed by atoms with Gasteiger partial charge in [0.15, 0.2) is 0 Å². The summed E-state index contributed by atoms with van der Waals surface area (Å²) in [6.07, 6.45) is 0. The number of hydrogen-bond donors (Lipinski definition) is 4. The fraction of sp³-hybridized carbons (Fsp3) is 0.200. The van der Waals surface area contributed by atoms with E-state index in [9.17, 15) is 9.59 Å². The predicted molar refractivity (Wildman–Crippen MR) is 101 cm³/mol. The third kappa shape index (κ3) is 3.60. The number of benzene rings is 2. The molecule has 0 aliphatic rings. The molecule has 1 heterocycles. The lowest BCUT2D eigenvalue weighted by atomic mass is 9.87. The second-order valence-corrected chi connectivity index (χ2v) is 7.21. The first-order valence-corrected chi connectivity index (χ1v) is 8.27. The summed E-state index contributed by atoms with van der Waals surface area (Å²) in [7, 11) is 0. The van der Waals surface area contributed by atoms with Gasteiger partial charge in [0.05, 0.1) is 0 Å². The Morgan fingerprint density at radius 2 is 1.65 bits per heavy atom. The molecule has 0 fully saturated rings. The summed E-state index contributed by atoms with van der Waals surface area (Å²) in [5, 5.41) is 12.3. The van der Waals surface area contributed by atoms with Gasteiger partial charge in [-0.25, -0.2) is 5.48 Å². The van der Waals surface area contributed by atoms with Crippen molar-refractivity contribution in [1.29, 1.82) is 0 Å². The summed E-state index contributed by atoms with van der Waals surface area (Å²) in [6.45, 7) is 6.37. The van der Waals surface area contributed by atoms with Crippen molar-refractivity contribution in [2.45, 2.75) is 26.2 Å². The van der Waals surface area contributed by atoms with Gasteiger partial charge >= 0.3 is 0 Å². The standard InChI is InChI=1S/C20H21N3O3/c1-20(2,3)14-6-4-12(5-7-14)18(24)21-15-8-9-16-13(10-15)11-17(22-16)19(25)23-26/h4-11,22,26H,1-3H3,(H,21,24)(H,23,25). The number of nitrogens with one attached hydrogen (secondary N) is 3. The lowest BCUT2D eigenvalue weighted by Gasteiger charge is -2.19. The van der Waals surface area contributed by atoms with E-state index in [1.807, 2.05) is 24.3 Å². The molecule has 0 aliphatic carbocycles. The quantitative estimate of drug-likeness (QED) is 0.427. The van der Waals surface area contributed by atoms with E-state index < -0.39 is 5.91 Å². The molecule has 0 saturated heterocycles. The second-order valence-electron chi connectivity index (χ2n) is 7.21. The summed E-state index contributed by atoms with van der Waals surface area (Å²) >= 11 is 0. The van der Waals surface area contributed by atoms with E-state index in [4.69, 9.17) is 5.21 Å². The zero-order chi connectivity index (χ0) is 18.9. The molecule has 2 amide bonds. The molecule has 0 aliphatic heterocycles. The number of rotatable bonds is 3. The molecule has 3 rings (SSSR count). The molecular weight excluding hydrogens is 330 g/mol. The van der Waals surface area contributed by atoms with Crippen molar-refractivity contribution in [2.75, 3.05) is 5.32 Å². The Kier molecular flexibility index (Phi) is 4.52. The van der Waals surface area contributed by atoms with Gasteiger partial charge in [-0.3, -0.25) is 14.8 Å². The fourth-order valence-electron chi connectivity index (χ4n) is 2.72. The normalized spacial score (nSPS) is 11.4. The van der Waals surface area contributed by atoms with Gasteiger partial charge in [0.2, 0.25) is 0 Å². The highest BCUT2D eigenvalue weighted by Gasteiger charge is 2.15. The van der Waals surface area contributed by atoms with Gasteiger partial charge in [0, 0.05) is 22.2 Å². The van der Waals surface area contributed by atoms with Crippen molar-refractivity contribution in [3.63, 3.8) is 0 Å². The smallest absolute Gasteiger partial charge is 0.291 e. The van der Waals surface area contributed by atoms with E-state index in [1.165, 1.54) is 0 Å². The molecule has 1 aromatic heterocycles. The molecule has 0 unspecified atom stereocenters. The Morgan fingerprint density at radius 3 is 2.27 bits per heavy atom. The van der Waals surface area contributed by atoms with E-state index in [-0.39, 0.29) is 17.0 Å². The van der Waals surface area contributed by atoms with Gasteiger partial charge in [-0.1, -0.05) is 32.9 Å². The number of anilines is 1. The maximum Gasteiger partial charge on any atom is 0.291 e. The molecule has 0 radical (unpaired) electrons. The number of hydrogen-bond acceptors (Lipinski definition) is 3. The highest BCUT2D eigenvalue weighted by molar-refractivity contribution is 6.05. The van der Waals surface area contributed by atoms with Crippen molar-refractivity contribution in [3.8, 4) is 0 Å². The van der Waals surface area contributed by atoms with E-state index in [1.54, 1.807) is 29.7 Å². The topological polar surface area (TPSA) is 94.2 Å². The van der Waals surface area contributed by atoms with Crippen LogP contribution in [0.15, 0.2) is 48.5 Å². The molecule has 6 heteroatoms. The lowest BCUT2D eigenvalue weighted by molar-refractivity contribution is 0.0701.